The second kappa shape index (κ2) is 9.76. The van der Waals surface area contributed by atoms with Crippen molar-refractivity contribution in [2.45, 2.75) is 19.4 Å². The molecule has 0 saturated heterocycles. The summed E-state index contributed by atoms with van der Waals surface area (Å²) in [5.41, 5.74) is 2.62. The molecule has 0 spiro atoms. The van der Waals surface area contributed by atoms with Crippen LogP contribution in [0.5, 0.6) is 5.75 Å². The molecule has 1 atom stereocenters. The van der Waals surface area contributed by atoms with E-state index in [0.29, 0.717) is 23.6 Å². The van der Waals surface area contributed by atoms with Crippen molar-refractivity contribution in [3.63, 3.8) is 0 Å². The van der Waals surface area contributed by atoms with Gasteiger partial charge in [-0.15, -0.1) is 0 Å². The van der Waals surface area contributed by atoms with Crippen molar-refractivity contribution >= 4 is 39.0 Å². The van der Waals surface area contributed by atoms with E-state index >= 15 is 0 Å². The summed E-state index contributed by atoms with van der Waals surface area (Å²) in [6, 6.07) is 22.6. The predicted molar refractivity (Wildman–Crippen MR) is 119 cm³/mol. The second-order valence-corrected chi connectivity index (χ2v) is 7.69. The average Bonchev–Trinajstić information content (AvgIpc) is 2.70. The van der Waals surface area contributed by atoms with Gasteiger partial charge < -0.3 is 10.1 Å². The van der Waals surface area contributed by atoms with Crippen LogP contribution in [0.25, 0.3) is 0 Å². The molecule has 144 valence electrons. The number of carbonyl (C=O) groups excluding carboxylic acids is 1. The zero-order valence-corrected chi connectivity index (χ0v) is 17.8. The number of carbonyl (C=O) groups is 1. The van der Waals surface area contributed by atoms with Gasteiger partial charge in [0.1, 0.15) is 5.75 Å². The summed E-state index contributed by atoms with van der Waals surface area (Å²) in [7, 11) is 0. The molecule has 0 aliphatic heterocycles. The van der Waals surface area contributed by atoms with E-state index < -0.39 is 0 Å². The van der Waals surface area contributed by atoms with Crippen LogP contribution in [0.3, 0.4) is 0 Å². The molecule has 0 bridgehead atoms. The Morgan fingerprint density at radius 1 is 1.00 bits per heavy atom. The monoisotopic (exact) mass is 457 g/mol. The van der Waals surface area contributed by atoms with Crippen LogP contribution in [0.1, 0.15) is 35.3 Å². The van der Waals surface area contributed by atoms with Gasteiger partial charge in [0, 0.05) is 27.2 Å². The van der Waals surface area contributed by atoms with Gasteiger partial charge in [-0.1, -0.05) is 51.8 Å². The molecular weight excluding hydrogens is 438 g/mol. The molecule has 28 heavy (non-hydrogen) atoms. The summed E-state index contributed by atoms with van der Waals surface area (Å²) in [5, 5.41) is 4.14. The summed E-state index contributed by atoms with van der Waals surface area (Å²) < 4.78 is 6.45. The fourth-order valence-corrected chi connectivity index (χ4v) is 3.29. The van der Waals surface area contributed by atoms with E-state index in [-0.39, 0.29) is 11.8 Å². The molecule has 3 aromatic rings. The maximum Gasteiger partial charge on any atom is 0.165 e. The maximum absolute atomic E-state index is 12.8. The molecule has 0 amide bonds. The number of hydrogen-bond donors (Lipinski definition) is 1. The molecule has 0 aliphatic rings. The Hall–Kier alpha value is -2.30. The molecule has 0 aliphatic carbocycles. The molecule has 0 heterocycles. The summed E-state index contributed by atoms with van der Waals surface area (Å²) >= 11 is 9.44. The third-order valence-electron chi connectivity index (χ3n) is 4.33. The van der Waals surface area contributed by atoms with Gasteiger partial charge in [-0.25, -0.2) is 0 Å². The van der Waals surface area contributed by atoms with Crippen molar-refractivity contribution < 1.29 is 9.53 Å². The Balaban J connectivity index is 1.81. The lowest BCUT2D eigenvalue weighted by Gasteiger charge is -2.20. The van der Waals surface area contributed by atoms with Crippen LogP contribution in [-0.2, 0) is 0 Å². The van der Waals surface area contributed by atoms with E-state index in [4.69, 9.17) is 16.3 Å². The normalized spacial score (nSPS) is 11.7. The molecule has 3 aromatic carbocycles. The minimum absolute atomic E-state index is 0.0749. The highest BCUT2D eigenvalue weighted by Crippen LogP contribution is 2.27. The van der Waals surface area contributed by atoms with Crippen LogP contribution in [0.2, 0.25) is 5.02 Å². The third-order valence-corrected chi connectivity index (χ3v) is 5.11. The molecular formula is C23H21BrClNO2. The van der Waals surface area contributed by atoms with Gasteiger partial charge in [-0.2, -0.15) is 0 Å². The largest absolute Gasteiger partial charge is 0.494 e. The summed E-state index contributed by atoms with van der Waals surface area (Å²) in [4.78, 5) is 12.8. The zero-order chi connectivity index (χ0) is 19.9. The Kier molecular flexibility index (Phi) is 7.12. The van der Waals surface area contributed by atoms with Gasteiger partial charge in [0.2, 0.25) is 0 Å². The Morgan fingerprint density at radius 2 is 1.64 bits per heavy atom. The minimum atomic E-state index is -0.175. The molecule has 0 aromatic heterocycles. The molecule has 5 heteroatoms. The Labute approximate surface area is 178 Å². The smallest absolute Gasteiger partial charge is 0.165 e. The number of hydrogen-bond acceptors (Lipinski definition) is 3. The number of ketones is 1. The van der Waals surface area contributed by atoms with Crippen molar-refractivity contribution in [1.82, 2.24) is 0 Å². The maximum atomic E-state index is 12.8. The fourth-order valence-electron chi connectivity index (χ4n) is 2.90. The van der Waals surface area contributed by atoms with Crippen molar-refractivity contribution in [1.29, 1.82) is 0 Å². The highest BCUT2D eigenvalue weighted by atomic mass is 79.9. The lowest BCUT2D eigenvalue weighted by Crippen LogP contribution is -2.16. The van der Waals surface area contributed by atoms with Gasteiger partial charge in [-0.3, -0.25) is 4.79 Å². The molecule has 1 N–H and O–H groups in total. The van der Waals surface area contributed by atoms with Crippen LogP contribution < -0.4 is 10.1 Å². The Bertz CT molecular complexity index is 909. The summed E-state index contributed by atoms with van der Waals surface area (Å²) in [6.45, 7) is 2.58. The lowest BCUT2D eigenvalue weighted by atomic mass is 9.97. The van der Waals surface area contributed by atoms with Crippen molar-refractivity contribution in [2.75, 3.05) is 11.9 Å². The number of rotatable bonds is 8. The number of nitrogens with one attached hydrogen (secondary N) is 1. The minimum Gasteiger partial charge on any atom is -0.494 e. The van der Waals surface area contributed by atoms with Crippen molar-refractivity contribution in [2.24, 2.45) is 0 Å². The zero-order valence-electron chi connectivity index (χ0n) is 15.5. The van der Waals surface area contributed by atoms with E-state index in [1.807, 2.05) is 79.7 Å². The van der Waals surface area contributed by atoms with Gasteiger partial charge in [0.25, 0.3) is 0 Å². The molecule has 1 unspecified atom stereocenters. The highest BCUT2D eigenvalue weighted by Gasteiger charge is 2.17. The first-order valence-electron chi connectivity index (χ1n) is 9.09. The molecule has 0 fully saturated rings. The van der Waals surface area contributed by atoms with Crippen molar-refractivity contribution in [3.8, 4) is 5.75 Å². The van der Waals surface area contributed by atoms with E-state index in [2.05, 4.69) is 21.2 Å². The fraction of sp³-hybridized carbons (Fsp3) is 0.174. The highest BCUT2D eigenvalue weighted by molar-refractivity contribution is 9.10. The van der Waals surface area contributed by atoms with Crippen LogP contribution >= 0.6 is 27.5 Å². The van der Waals surface area contributed by atoms with E-state index in [1.165, 1.54) is 0 Å². The van der Waals surface area contributed by atoms with Crippen LogP contribution in [-0.4, -0.2) is 12.4 Å². The molecule has 0 saturated carbocycles. The molecule has 3 nitrogen and oxygen atoms in total. The van der Waals surface area contributed by atoms with Crippen LogP contribution in [0.4, 0.5) is 5.69 Å². The number of Topliss-reactive ketones (excluding diaryl/α,β-unsaturated/α-hetero) is 1. The van der Waals surface area contributed by atoms with E-state index in [9.17, 15) is 4.79 Å². The first-order valence-corrected chi connectivity index (χ1v) is 10.3. The predicted octanol–water partition coefficient (Wildman–Crippen LogP) is 6.93. The van der Waals surface area contributed by atoms with E-state index in [1.54, 1.807) is 0 Å². The van der Waals surface area contributed by atoms with Gasteiger partial charge in [-0.05, 0) is 61.0 Å². The number of halogens is 2. The standard InChI is InChI=1S/C23H21BrClNO2/c1-2-28-21-13-11-20(12-14-21)26-22(16-5-9-19(25)10-6-16)15-23(27)17-3-7-18(24)8-4-17/h3-14,22,26H,2,15H2,1H3. The summed E-state index contributed by atoms with van der Waals surface area (Å²) in [5.74, 6) is 0.896. The number of benzene rings is 3. The summed E-state index contributed by atoms with van der Waals surface area (Å²) in [6.07, 6.45) is 0.330. The Morgan fingerprint density at radius 3 is 2.25 bits per heavy atom. The number of anilines is 1. The first-order chi connectivity index (χ1) is 13.5. The van der Waals surface area contributed by atoms with Gasteiger partial charge in [0.05, 0.1) is 12.6 Å². The van der Waals surface area contributed by atoms with Crippen molar-refractivity contribution in [3.05, 3.63) is 93.4 Å². The van der Waals surface area contributed by atoms with Crippen LogP contribution in [0, 0.1) is 0 Å². The molecule has 3 rings (SSSR count). The van der Waals surface area contributed by atoms with Crippen LogP contribution in [0.15, 0.2) is 77.3 Å². The first kappa shape index (κ1) is 20.4. The third kappa shape index (κ3) is 5.60. The lowest BCUT2D eigenvalue weighted by molar-refractivity contribution is 0.0976. The number of ether oxygens (including phenoxy) is 1. The van der Waals surface area contributed by atoms with Gasteiger partial charge in [0.15, 0.2) is 5.78 Å². The quantitative estimate of drug-likeness (QED) is 0.372. The molecule has 0 radical (unpaired) electrons. The van der Waals surface area contributed by atoms with Gasteiger partial charge >= 0.3 is 0 Å². The SMILES string of the molecule is CCOc1ccc(NC(CC(=O)c2ccc(Br)cc2)c2ccc(Cl)cc2)cc1. The average molecular weight is 459 g/mol. The van der Waals surface area contributed by atoms with E-state index in [0.717, 1.165) is 21.5 Å². The topological polar surface area (TPSA) is 38.3 Å². The second-order valence-electron chi connectivity index (χ2n) is 6.34.